The molecule has 0 saturated carbocycles. The molecule has 0 unspecified atom stereocenters. The summed E-state index contributed by atoms with van der Waals surface area (Å²) < 4.78 is 15.1. The molecule has 2 aromatic carbocycles. The van der Waals surface area contributed by atoms with Gasteiger partial charge in [0.2, 0.25) is 0 Å². The first kappa shape index (κ1) is 22.7. The number of para-hydroxylation sites is 1. The summed E-state index contributed by atoms with van der Waals surface area (Å²) in [5, 5.41) is 14.0. The SMILES string of the molecule is COc1cc(C(=O)OCC(=O)Nc2ccccc2C(C)(C)C)c([N+](=O)[O-])cc1OC. The topological polar surface area (TPSA) is 117 Å². The third kappa shape index (κ3) is 5.25. The Balaban J connectivity index is 2.17. The number of nitrogens with zero attached hydrogens (tertiary/aromatic N) is 1. The van der Waals surface area contributed by atoms with Gasteiger partial charge in [0.1, 0.15) is 5.56 Å². The highest BCUT2D eigenvalue weighted by Crippen LogP contribution is 2.35. The second-order valence-electron chi connectivity index (χ2n) is 7.40. The van der Waals surface area contributed by atoms with Gasteiger partial charge in [0.25, 0.3) is 11.6 Å². The van der Waals surface area contributed by atoms with Gasteiger partial charge in [0.05, 0.1) is 25.2 Å². The summed E-state index contributed by atoms with van der Waals surface area (Å²) in [6.45, 7) is 5.42. The van der Waals surface area contributed by atoms with Crippen molar-refractivity contribution in [1.82, 2.24) is 0 Å². The lowest BCUT2D eigenvalue weighted by Crippen LogP contribution is -2.23. The minimum atomic E-state index is -1.03. The maximum Gasteiger partial charge on any atom is 0.345 e. The van der Waals surface area contributed by atoms with E-state index in [9.17, 15) is 19.7 Å². The molecule has 2 aromatic rings. The fourth-order valence-electron chi connectivity index (χ4n) is 2.82. The van der Waals surface area contributed by atoms with Gasteiger partial charge in [-0.3, -0.25) is 14.9 Å². The van der Waals surface area contributed by atoms with Crippen LogP contribution in [0.2, 0.25) is 0 Å². The lowest BCUT2D eigenvalue weighted by Gasteiger charge is -2.22. The smallest absolute Gasteiger partial charge is 0.345 e. The van der Waals surface area contributed by atoms with Crippen LogP contribution in [0.3, 0.4) is 0 Å². The third-order valence-electron chi connectivity index (χ3n) is 4.26. The number of carbonyl (C=O) groups is 2. The number of methoxy groups -OCH3 is 2. The second-order valence-corrected chi connectivity index (χ2v) is 7.40. The van der Waals surface area contributed by atoms with Crippen molar-refractivity contribution in [3.05, 3.63) is 57.6 Å². The van der Waals surface area contributed by atoms with Crippen LogP contribution >= 0.6 is 0 Å². The zero-order valence-electron chi connectivity index (χ0n) is 17.5. The first-order chi connectivity index (χ1) is 14.1. The van der Waals surface area contributed by atoms with Crippen molar-refractivity contribution in [3.8, 4) is 11.5 Å². The highest BCUT2D eigenvalue weighted by atomic mass is 16.6. The summed E-state index contributed by atoms with van der Waals surface area (Å²) in [4.78, 5) is 35.3. The van der Waals surface area contributed by atoms with E-state index in [1.54, 1.807) is 12.1 Å². The molecule has 0 atom stereocenters. The van der Waals surface area contributed by atoms with Crippen molar-refractivity contribution in [1.29, 1.82) is 0 Å². The van der Waals surface area contributed by atoms with Crippen LogP contribution in [0.25, 0.3) is 0 Å². The van der Waals surface area contributed by atoms with Crippen LogP contribution in [-0.2, 0) is 14.9 Å². The van der Waals surface area contributed by atoms with Gasteiger partial charge in [-0.05, 0) is 17.0 Å². The third-order valence-corrected chi connectivity index (χ3v) is 4.26. The fourth-order valence-corrected chi connectivity index (χ4v) is 2.82. The van der Waals surface area contributed by atoms with Crippen LogP contribution in [0, 0.1) is 10.1 Å². The van der Waals surface area contributed by atoms with E-state index >= 15 is 0 Å². The van der Waals surface area contributed by atoms with E-state index < -0.39 is 29.1 Å². The number of carbonyl (C=O) groups excluding carboxylic acids is 2. The van der Waals surface area contributed by atoms with Gasteiger partial charge in [0, 0.05) is 11.8 Å². The zero-order chi connectivity index (χ0) is 22.5. The van der Waals surface area contributed by atoms with E-state index in [0.717, 1.165) is 17.7 Å². The standard InChI is InChI=1S/C21H24N2O7/c1-21(2,3)14-8-6-7-9-15(14)22-19(24)12-30-20(25)13-10-17(28-4)18(29-5)11-16(13)23(26)27/h6-11H,12H2,1-5H3,(H,22,24). The number of nitrogens with one attached hydrogen (secondary N) is 1. The maximum absolute atomic E-state index is 12.4. The fraction of sp³-hybridized carbons (Fsp3) is 0.333. The van der Waals surface area contributed by atoms with E-state index in [4.69, 9.17) is 14.2 Å². The normalized spacial score (nSPS) is 10.8. The molecule has 0 saturated heterocycles. The predicted molar refractivity (Wildman–Crippen MR) is 110 cm³/mol. The number of ether oxygens (including phenoxy) is 3. The van der Waals surface area contributed by atoms with Gasteiger partial charge in [-0.15, -0.1) is 0 Å². The number of benzene rings is 2. The molecule has 9 heteroatoms. The van der Waals surface area contributed by atoms with Crippen LogP contribution < -0.4 is 14.8 Å². The van der Waals surface area contributed by atoms with Gasteiger partial charge in [-0.1, -0.05) is 39.0 Å². The Kier molecular flexibility index (Phi) is 6.99. The molecule has 0 bridgehead atoms. The summed E-state index contributed by atoms with van der Waals surface area (Å²) >= 11 is 0. The first-order valence-corrected chi connectivity index (χ1v) is 9.05. The molecule has 30 heavy (non-hydrogen) atoms. The molecular weight excluding hydrogens is 392 g/mol. The van der Waals surface area contributed by atoms with E-state index in [2.05, 4.69) is 5.32 Å². The van der Waals surface area contributed by atoms with Gasteiger partial charge >= 0.3 is 5.97 Å². The van der Waals surface area contributed by atoms with Crippen molar-refractivity contribution in [2.24, 2.45) is 0 Å². The molecule has 0 aliphatic heterocycles. The summed E-state index contributed by atoms with van der Waals surface area (Å²) in [5.74, 6) is -1.37. The summed E-state index contributed by atoms with van der Waals surface area (Å²) in [6.07, 6.45) is 0. The summed E-state index contributed by atoms with van der Waals surface area (Å²) in [5.41, 5.74) is 0.445. The number of hydrogen-bond donors (Lipinski definition) is 1. The van der Waals surface area contributed by atoms with E-state index in [1.807, 2.05) is 32.9 Å². The molecule has 0 aliphatic rings. The number of amides is 1. The lowest BCUT2D eigenvalue weighted by molar-refractivity contribution is -0.385. The highest BCUT2D eigenvalue weighted by molar-refractivity contribution is 5.98. The van der Waals surface area contributed by atoms with Gasteiger partial charge in [0.15, 0.2) is 18.1 Å². The molecule has 0 radical (unpaired) electrons. The van der Waals surface area contributed by atoms with Gasteiger partial charge in [-0.25, -0.2) is 4.79 Å². The molecule has 0 fully saturated rings. The summed E-state index contributed by atoms with van der Waals surface area (Å²) in [7, 11) is 2.65. The molecular formula is C21H24N2O7. The molecule has 0 aromatic heterocycles. The van der Waals surface area contributed by atoms with Gasteiger partial charge in [-0.2, -0.15) is 0 Å². The van der Waals surface area contributed by atoms with E-state index in [0.29, 0.717) is 5.69 Å². The molecule has 160 valence electrons. The monoisotopic (exact) mass is 416 g/mol. The minimum Gasteiger partial charge on any atom is -0.493 e. The van der Waals surface area contributed by atoms with Crippen molar-refractivity contribution in [2.45, 2.75) is 26.2 Å². The number of hydrogen-bond acceptors (Lipinski definition) is 7. The van der Waals surface area contributed by atoms with Crippen LogP contribution in [-0.4, -0.2) is 37.6 Å². The Bertz CT molecular complexity index is 964. The van der Waals surface area contributed by atoms with Crippen LogP contribution in [0.5, 0.6) is 11.5 Å². The van der Waals surface area contributed by atoms with Crippen molar-refractivity contribution in [2.75, 3.05) is 26.1 Å². The molecule has 0 aliphatic carbocycles. The second kappa shape index (κ2) is 9.25. The number of esters is 1. The summed E-state index contributed by atoms with van der Waals surface area (Å²) in [6, 6.07) is 9.51. The minimum absolute atomic E-state index is 0.0947. The molecule has 0 heterocycles. The number of nitro groups is 1. The first-order valence-electron chi connectivity index (χ1n) is 9.05. The lowest BCUT2D eigenvalue weighted by atomic mass is 9.86. The van der Waals surface area contributed by atoms with E-state index in [1.165, 1.54) is 14.2 Å². The molecule has 0 spiro atoms. The Hall–Kier alpha value is -3.62. The average molecular weight is 416 g/mol. The molecule has 9 nitrogen and oxygen atoms in total. The Labute approximate surface area is 174 Å². The number of anilines is 1. The van der Waals surface area contributed by atoms with Crippen LogP contribution in [0.4, 0.5) is 11.4 Å². The van der Waals surface area contributed by atoms with Gasteiger partial charge < -0.3 is 19.5 Å². The largest absolute Gasteiger partial charge is 0.493 e. The number of nitro benzene ring substituents is 1. The molecule has 2 rings (SSSR count). The predicted octanol–water partition coefficient (Wildman–Crippen LogP) is 3.71. The zero-order valence-corrected chi connectivity index (χ0v) is 17.5. The Morgan fingerprint density at radius 2 is 1.67 bits per heavy atom. The molecule has 1 amide bonds. The highest BCUT2D eigenvalue weighted by Gasteiger charge is 2.26. The number of rotatable bonds is 7. The van der Waals surface area contributed by atoms with Crippen LogP contribution in [0.15, 0.2) is 36.4 Å². The Morgan fingerprint density at radius 1 is 1.07 bits per heavy atom. The van der Waals surface area contributed by atoms with Crippen LogP contribution in [0.1, 0.15) is 36.7 Å². The van der Waals surface area contributed by atoms with Crippen molar-refractivity contribution < 1.29 is 28.7 Å². The maximum atomic E-state index is 12.4. The van der Waals surface area contributed by atoms with Crippen molar-refractivity contribution in [3.63, 3.8) is 0 Å². The molecule has 1 N–H and O–H groups in total. The Morgan fingerprint density at radius 3 is 2.23 bits per heavy atom. The average Bonchev–Trinajstić information content (AvgIpc) is 2.70. The quantitative estimate of drug-likeness (QED) is 0.415. The van der Waals surface area contributed by atoms with E-state index in [-0.39, 0.29) is 22.5 Å². The van der Waals surface area contributed by atoms with Crippen molar-refractivity contribution >= 4 is 23.3 Å².